The van der Waals surface area contributed by atoms with Crippen molar-refractivity contribution in [3.05, 3.63) is 35.4 Å². The Morgan fingerprint density at radius 1 is 1.20 bits per heavy atom. The average Bonchev–Trinajstić information content (AvgIpc) is 2.41. The molecule has 0 aliphatic rings. The number of benzene rings is 1. The maximum Gasteiger partial charge on any atom is 0.251 e. The van der Waals surface area contributed by atoms with E-state index in [2.05, 4.69) is 26.1 Å². The lowest BCUT2D eigenvalue weighted by atomic mass is 9.87. The lowest BCUT2D eigenvalue weighted by Gasteiger charge is -2.19. The molecule has 0 bridgehead atoms. The second-order valence-electron chi connectivity index (χ2n) is 5.77. The Balaban J connectivity index is 2.37. The van der Waals surface area contributed by atoms with Gasteiger partial charge in [0.05, 0.1) is 13.2 Å². The molecule has 4 heteroatoms. The number of hydrogen-bond donors (Lipinski definition) is 2. The minimum atomic E-state index is -0.0624. The standard InChI is InChI=1S/C16H25NO3/c1-16(2,3)14-7-5-13(6-8-14)15(19)17-9-4-11-20-12-10-18/h5-8,18H,4,9-12H2,1-3H3,(H,17,19). The van der Waals surface area contributed by atoms with Gasteiger partial charge < -0.3 is 15.2 Å². The highest BCUT2D eigenvalue weighted by Crippen LogP contribution is 2.22. The van der Waals surface area contributed by atoms with Gasteiger partial charge in [-0.3, -0.25) is 4.79 Å². The number of hydrogen-bond acceptors (Lipinski definition) is 3. The summed E-state index contributed by atoms with van der Waals surface area (Å²) >= 11 is 0. The van der Waals surface area contributed by atoms with Crippen LogP contribution in [0.25, 0.3) is 0 Å². The van der Waals surface area contributed by atoms with Crippen molar-refractivity contribution in [1.29, 1.82) is 0 Å². The van der Waals surface area contributed by atoms with Gasteiger partial charge in [-0.2, -0.15) is 0 Å². The molecule has 1 amide bonds. The van der Waals surface area contributed by atoms with Gasteiger partial charge in [-0.05, 0) is 29.5 Å². The van der Waals surface area contributed by atoms with Crippen LogP contribution in [0.1, 0.15) is 43.1 Å². The van der Waals surface area contributed by atoms with Gasteiger partial charge in [0.2, 0.25) is 0 Å². The van der Waals surface area contributed by atoms with E-state index in [1.807, 2.05) is 24.3 Å². The number of carbonyl (C=O) groups excluding carboxylic acids is 1. The fourth-order valence-corrected chi connectivity index (χ4v) is 1.77. The van der Waals surface area contributed by atoms with E-state index < -0.39 is 0 Å². The number of aliphatic hydroxyl groups is 1. The minimum Gasteiger partial charge on any atom is -0.394 e. The van der Waals surface area contributed by atoms with E-state index in [-0.39, 0.29) is 17.9 Å². The third kappa shape index (κ3) is 5.72. The zero-order chi connectivity index (χ0) is 15.0. The highest BCUT2D eigenvalue weighted by atomic mass is 16.5. The zero-order valence-corrected chi connectivity index (χ0v) is 12.6. The van der Waals surface area contributed by atoms with E-state index in [4.69, 9.17) is 9.84 Å². The van der Waals surface area contributed by atoms with Crippen LogP contribution in [-0.4, -0.2) is 37.4 Å². The van der Waals surface area contributed by atoms with Crippen molar-refractivity contribution < 1.29 is 14.6 Å². The first-order valence-electron chi connectivity index (χ1n) is 7.02. The first-order chi connectivity index (χ1) is 9.45. The summed E-state index contributed by atoms with van der Waals surface area (Å²) in [5, 5.41) is 11.4. The number of rotatable bonds is 7. The summed E-state index contributed by atoms with van der Waals surface area (Å²) in [4.78, 5) is 11.9. The van der Waals surface area contributed by atoms with Crippen molar-refractivity contribution in [1.82, 2.24) is 5.32 Å². The molecule has 2 N–H and O–H groups in total. The molecule has 112 valence electrons. The third-order valence-electron chi connectivity index (χ3n) is 3.00. The Bertz CT molecular complexity index is 407. The van der Waals surface area contributed by atoms with Gasteiger partial charge in [0.25, 0.3) is 5.91 Å². The Morgan fingerprint density at radius 2 is 1.85 bits per heavy atom. The maximum absolute atomic E-state index is 11.9. The van der Waals surface area contributed by atoms with E-state index in [0.29, 0.717) is 25.3 Å². The van der Waals surface area contributed by atoms with E-state index >= 15 is 0 Å². The molecule has 0 saturated heterocycles. The number of aliphatic hydroxyl groups excluding tert-OH is 1. The van der Waals surface area contributed by atoms with Gasteiger partial charge in [-0.15, -0.1) is 0 Å². The summed E-state index contributed by atoms with van der Waals surface area (Å²) in [5.74, 6) is -0.0624. The SMILES string of the molecule is CC(C)(C)c1ccc(C(=O)NCCCOCCO)cc1. The first kappa shape index (κ1) is 16.7. The first-order valence-corrected chi connectivity index (χ1v) is 7.02. The van der Waals surface area contributed by atoms with Crippen LogP contribution in [-0.2, 0) is 10.2 Å². The smallest absolute Gasteiger partial charge is 0.251 e. The zero-order valence-electron chi connectivity index (χ0n) is 12.6. The summed E-state index contributed by atoms with van der Waals surface area (Å²) in [6.07, 6.45) is 0.742. The van der Waals surface area contributed by atoms with Crippen LogP contribution < -0.4 is 5.32 Å². The van der Waals surface area contributed by atoms with Gasteiger partial charge in [-0.25, -0.2) is 0 Å². The second-order valence-corrected chi connectivity index (χ2v) is 5.77. The monoisotopic (exact) mass is 279 g/mol. The van der Waals surface area contributed by atoms with Gasteiger partial charge in [-0.1, -0.05) is 32.9 Å². The van der Waals surface area contributed by atoms with Crippen LogP contribution in [0.2, 0.25) is 0 Å². The van der Waals surface area contributed by atoms with Crippen molar-refractivity contribution in [3.8, 4) is 0 Å². The highest BCUT2D eigenvalue weighted by molar-refractivity contribution is 5.94. The molecule has 0 spiro atoms. The van der Waals surface area contributed by atoms with Crippen molar-refractivity contribution >= 4 is 5.91 Å². The number of amides is 1. The van der Waals surface area contributed by atoms with E-state index in [1.165, 1.54) is 5.56 Å². The Kier molecular flexibility index (Phi) is 6.68. The van der Waals surface area contributed by atoms with E-state index in [1.54, 1.807) is 0 Å². The number of ether oxygens (including phenoxy) is 1. The fraction of sp³-hybridized carbons (Fsp3) is 0.562. The Morgan fingerprint density at radius 3 is 2.40 bits per heavy atom. The molecule has 0 saturated carbocycles. The fourth-order valence-electron chi connectivity index (χ4n) is 1.77. The molecule has 1 aromatic carbocycles. The summed E-state index contributed by atoms with van der Waals surface area (Å²) in [6, 6.07) is 7.72. The number of nitrogens with one attached hydrogen (secondary N) is 1. The van der Waals surface area contributed by atoms with Crippen molar-refractivity contribution in [3.63, 3.8) is 0 Å². The lowest BCUT2D eigenvalue weighted by Crippen LogP contribution is -2.25. The van der Waals surface area contributed by atoms with Gasteiger partial charge in [0, 0.05) is 18.7 Å². The van der Waals surface area contributed by atoms with E-state index in [9.17, 15) is 4.79 Å². The molecular weight excluding hydrogens is 254 g/mol. The summed E-state index contributed by atoms with van der Waals surface area (Å²) in [6.45, 7) is 7.95. The van der Waals surface area contributed by atoms with E-state index in [0.717, 1.165) is 6.42 Å². The van der Waals surface area contributed by atoms with Gasteiger partial charge in [0.15, 0.2) is 0 Å². The van der Waals surface area contributed by atoms with Gasteiger partial charge in [0.1, 0.15) is 0 Å². The molecule has 0 aliphatic heterocycles. The van der Waals surface area contributed by atoms with Crippen LogP contribution in [0.15, 0.2) is 24.3 Å². The molecule has 0 aliphatic carbocycles. The van der Waals surface area contributed by atoms with Crippen molar-refractivity contribution in [2.75, 3.05) is 26.4 Å². The molecule has 20 heavy (non-hydrogen) atoms. The molecule has 1 aromatic rings. The molecule has 1 rings (SSSR count). The predicted molar refractivity (Wildman–Crippen MR) is 80.0 cm³/mol. The Hall–Kier alpha value is -1.39. The third-order valence-corrected chi connectivity index (χ3v) is 3.00. The Labute approximate surface area is 121 Å². The molecule has 0 unspecified atom stereocenters. The highest BCUT2D eigenvalue weighted by Gasteiger charge is 2.14. The quantitative estimate of drug-likeness (QED) is 0.752. The number of carbonyl (C=O) groups is 1. The van der Waals surface area contributed by atoms with Crippen LogP contribution >= 0.6 is 0 Å². The van der Waals surface area contributed by atoms with Gasteiger partial charge >= 0.3 is 0 Å². The summed E-state index contributed by atoms with van der Waals surface area (Å²) in [5.41, 5.74) is 1.99. The normalized spacial score (nSPS) is 11.4. The molecular formula is C16H25NO3. The summed E-state index contributed by atoms with van der Waals surface area (Å²) < 4.78 is 5.12. The molecule has 0 heterocycles. The molecule has 0 radical (unpaired) electrons. The van der Waals surface area contributed by atoms with Crippen LogP contribution in [0, 0.1) is 0 Å². The second kappa shape index (κ2) is 8.02. The minimum absolute atomic E-state index is 0.0342. The van der Waals surface area contributed by atoms with Crippen LogP contribution in [0.3, 0.4) is 0 Å². The van der Waals surface area contributed by atoms with Crippen molar-refractivity contribution in [2.24, 2.45) is 0 Å². The molecule has 4 nitrogen and oxygen atoms in total. The van der Waals surface area contributed by atoms with Crippen molar-refractivity contribution in [2.45, 2.75) is 32.6 Å². The predicted octanol–water partition coefficient (Wildman–Crippen LogP) is 2.11. The lowest BCUT2D eigenvalue weighted by molar-refractivity contribution is 0.0867. The summed E-state index contributed by atoms with van der Waals surface area (Å²) in [7, 11) is 0. The van der Waals surface area contributed by atoms with Crippen LogP contribution in [0.4, 0.5) is 0 Å². The topological polar surface area (TPSA) is 58.6 Å². The van der Waals surface area contributed by atoms with Crippen LogP contribution in [0.5, 0.6) is 0 Å². The molecule has 0 atom stereocenters. The molecule has 0 fully saturated rings. The maximum atomic E-state index is 11.9. The average molecular weight is 279 g/mol. The largest absolute Gasteiger partial charge is 0.394 e. The molecule has 0 aromatic heterocycles.